The van der Waals surface area contributed by atoms with Gasteiger partial charge in [0.15, 0.2) is 0 Å². The van der Waals surface area contributed by atoms with E-state index < -0.39 is 5.76 Å². The van der Waals surface area contributed by atoms with Gasteiger partial charge in [-0.3, -0.25) is 0 Å². The lowest BCUT2D eigenvalue weighted by atomic mass is 9.64. The third-order valence-electron chi connectivity index (χ3n) is 4.70. The van der Waals surface area contributed by atoms with Crippen LogP contribution >= 0.6 is 0 Å². The van der Waals surface area contributed by atoms with E-state index in [1.807, 2.05) is 12.1 Å². The van der Waals surface area contributed by atoms with E-state index in [4.69, 9.17) is 13.9 Å². The maximum Gasteiger partial charge on any atom is 0.444 e. The second-order valence-corrected chi connectivity index (χ2v) is 8.63. The lowest BCUT2D eigenvalue weighted by molar-refractivity contribution is 0.0133. The highest BCUT2D eigenvalue weighted by Crippen LogP contribution is 2.46. The highest BCUT2D eigenvalue weighted by Gasteiger charge is 2.39. The summed E-state index contributed by atoms with van der Waals surface area (Å²) in [4.78, 5) is 11.9. The molecule has 0 saturated heterocycles. The molecule has 0 radical (unpaired) electrons. The van der Waals surface area contributed by atoms with Crippen molar-refractivity contribution in [2.24, 2.45) is 10.8 Å². The smallest absolute Gasteiger partial charge is 0.444 e. The molecule has 142 valence electrons. The van der Waals surface area contributed by atoms with Crippen molar-refractivity contribution in [2.45, 2.75) is 60.0 Å². The molecule has 0 unspecified atom stereocenters. The summed E-state index contributed by atoms with van der Waals surface area (Å²) in [5.74, 6) is 0.228. The Balaban J connectivity index is 1.73. The highest BCUT2D eigenvalue weighted by molar-refractivity contribution is 5.36. The van der Waals surface area contributed by atoms with Crippen LogP contribution in [0.5, 0.6) is 11.8 Å². The van der Waals surface area contributed by atoms with Crippen LogP contribution in [-0.4, -0.2) is 22.5 Å². The third-order valence-corrected chi connectivity index (χ3v) is 4.70. The Morgan fingerprint density at radius 2 is 1.77 bits per heavy atom. The van der Waals surface area contributed by atoms with Crippen molar-refractivity contribution in [3.05, 3.63) is 34.8 Å². The van der Waals surface area contributed by atoms with Crippen LogP contribution in [0, 0.1) is 10.8 Å². The summed E-state index contributed by atoms with van der Waals surface area (Å²) < 4.78 is 17.5. The van der Waals surface area contributed by atoms with Crippen LogP contribution in [-0.2, 0) is 0 Å². The predicted molar refractivity (Wildman–Crippen MR) is 99.1 cm³/mol. The first-order chi connectivity index (χ1) is 12.2. The van der Waals surface area contributed by atoms with Gasteiger partial charge in [-0.15, -0.1) is 0 Å². The average Bonchev–Trinajstić information content (AvgIpc) is 2.86. The second kappa shape index (κ2) is 6.82. The maximum atomic E-state index is 11.9. The highest BCUT2D eigenvalue weighted by atomic mass is 16.6. The van der Waals surface area contributed by atoms with Crippen LogP contribution < -0.4 is 15.2 Å². The van der Waals surface area contributed by atoms with Gasteiger partial charge in [0.25, 0.3) is 0 Å². The first kappa shape index (κ1) is 18.5. The first-order valence-corrected chi connectivity index (χ1v) is 9.18. The average molecular weight is 360 g/mol. The summed E-state index contributed by atoms with van der Waals surface area (Å²) >= 11 is 0. The second-order valence-electron chi connectivity index (χ2n) is 8.63. The van der Waals surface area contributed by atoms with Gasteiger partial charge in [0.1, 0.15) is 5.75 Å². The van der Waals surface area contributed by atoms with Gasteiger partial charge in [-0.1, -0.05) is 32.8 Å². The molecule has 1 aromatic carbocycles. The molecule has 1 aromatic heterocycles. The largest absolute Gasteiger partial charge is 0.490 e. The third kappa shape index (κ3) is 4.29. The van der Waals surface area contributed by atoms with Gasteiger partial charge < -0.3 is 13.9 Å². The summed E-state index contributed by atoms with van der Waals surface area (Å²) in [5, 5.41) is 4.03. The van der Waals surface area contributed by atoms with E-state index >= 15 is 0 Å². The summed E-state index contributed by atoms with van der Waals surface area (Å²) in [5.41, 5.74) is 1.16. The van der Waals surface area contributed by atoms with Crippen molar-refractivity contribution in [1.29, 1.82) is 0 Å². The molecule has 0 aliphatic heterocycles. The molecule has 0 bridgehead atoms. The minimum Gasteiger partial charge on any atom is -0.490 e. The van der Waals surface area contributed by atoms with Crippen LogP contribution in [0.3, 0.4) is 0 Å². The fourth-order valence-corrected chi connectivity index (χ4v) is 4.29. The van der Waals surface area contributed by atoms with Crippen molar-refractivity contribution in [3.8, 4) is 17.5 Å². The Morgan fingerprint density at radius 1 is 1.15 bits per heavy atom. The summed E-state index contributed by atoms with van der Waals surface area (Å²) in [6.45, 7) is 11.4. The minimum atomic E-state index is -0.571. The molecule has 26 heavy (non-hydrogen) atoms. The van der Waals surface area contributed by atoms with Gasteiger partial charge >= 0.3 is 11.8 Å². The molecular formula is C20H28N2O4. The van der Waals surface area contributed by atoms with E-state index in [0.29, 0.717) is 12.3 Å². The fraction of sp³-hybridized carbons (Fsp3) is 0.600. The first-order valence-electron chi connectivity index (χ1n) is 9.18. The zero-order valence-corrected chi connectivity index (χ0v) is 16.2. The number of hydrogen-bond acceptors (Lipinski definition) is 5. The zero-order chi connectivity index (χ0) is 18.9. The molecular weight excluding hydrogens is 332 g/mol. The van der Waals surface area contributed by atoms with E-state index in [1.165, 1.54) is 11.1 Å². The number of rotatable bonds is 5. The maximum absolute atomic E-state index is 11.9. The van der Waals surface area contributed by atoms with Crippen molar-refractivity contribution in [3.63, 3.8) is 0 Å². The lowest BCUT2D eigenvalue weighted by Crippen LogP contribution is -2.39. The fourth-order valence-electron chi connectivity index (χ4n) is 4.29. The van der Waals surface area contributed by atoms with Crippen LogP contribution in [0.4, 0.5) is 0 Å². The van der Waals surface area contributed by atoms with Gasteiger partial charge in [0.2, 0.25) is 0 Å². The van der Waals surface area contributed by atoms with E-state index in [-0.39, 0.29) is 23.0 Å². The molecule has 0 N–H and O–H groups in total. The Bertz CT molecular complexity index is 786. The Hall–Kier alpha value is -2.24. The van der Waals surface area contributed by atoms with E-state index in [1.54, 1.807) is 19.1 Å². The predicted octanol–water partition coefficient (Wildman–Crippen LogP) is 4.21. The van der Waals surface area contributed by atoms with Crippen molar-refractivity contribution in [2.75, 3.05) is 6.61 Å². The van der Waals surface area contributed by atoms with Crippen LogP contribution in [0.1, 0.15) is 53.9 Å². The van der Waals surface area contributed by atoms with E-state index in [2.05, 4.69) is 32.8 Å². The van der Waals surface area contributed by atoms with E-state index in [9.17, 15) is 4.79 Å². The summed E-state index contributed by atoms with van der Waals surface area (Å²) in [6.07, 6.45) is 3.45. The van der Waals surface area contributed by atoms with Crippen LogP contribution in [0.25, 0.3) is 5.69 Å². The molecule has 1 aliphatic carbocycles. The molecule has 0 atom stereocenters. The number of aromatic nitrogens is 2. The molecule has 1 saturated carbocycles. The van der Waals surface area contributed by atoms with Gasteiger partial charge in [-0.05, 0) is 61.3 Å². The minimum absolute atomic E-state index is 0.0236. The molecule has 6 heteroatoms. The number of ether oxygens (including phenoxy) is 2. The van der Waals surface area contributed by atoms with Crippen LogP contribution in [0.15, 0.2) is 33.5 Å². The van der Waals surface area contributed by atoms with Gasteiger partial charge in [-0.2, -0.15) is 4.68 Å². The van der Waals surface area contributed by atoms with Crippen molar-refractivity contribution < 1.29 is 13.9 Å². The van der Waals surface area contributed by atoms with Gasteiger partial charge in [-0.25, -0.2) is 4.79 Å². The van der Waals surface area contributed by atoms with Crippen LogP contribution in [0.2, 0.25) is 0 Å². The monoisotopic (exact) mass is 360 g/mol. The Labute approximate surface area is 154 Å². The molecule has 1 heterocycles. The molecule has 1 aliphatic rings. The Morgan fingerprint density at radius 3 is 2.35 bits per heavy atom. The number of nitrogens with zero attached hydrogens (tertiary/aromatic N) is 2. The summed E-state index contributed by atoms with van der Waals surface area (Å²) in [6, 6.07) is 7.33. The number of benzene rings is 1. The number of hydrogen-bond donors (Lipinski definition) is 0. The molecule has 6 nitrogen and oxygen atoms in total. The lowest BCUT2D eigenvalue weighted by Gasteiger charge is -2.44. The van der Waals surface area contributed by atoms with E-state index in [0.717, 1.165) is 18.6 Å². The van der Waals surface area contributed by atoms with Crippen molar-refractivity contribution in [1.82, 2.24) is 9.78 Å². The molecule has 2 aromatic rings. The van der Waals surface area contributed by atoms with Gasteiger partial charge in [0.05, 0.1) is 18.4 Å². The summed E-state index contributed by atoms with van der Waals surface area (Å²) in [7, 11) is 0. The topological polar surface area (TPSA) is 66.5 Å². The van der Waals surface area contributed by atoms with Gasteiger partial charge in [0, 0.05) is 0 Å². The normalized spacial score (nSPS) is 19.3. The Kier molecular flexibility index (Phi) is 4.86. The molecule has 1 fully saturated rings. The molecule has 3 rings (SSSR count). The van der Waals surface area contributed by atoms with Crippen molar-refractivity contribution >= 4 is 0 Å². The quantitative estimate of drug-likeness (QED) is 0.799. The zero-order valence-electron chi connectivity index (χ0n) is 16.2. The molecule has 0 spiro atoms. The SMILES string of the molecule is CCOc1nn(-c2ccc(OC3CC(C)(C)CC(C)(C)C3)cc2)c(=O)o1. The standard InChI is InChI=1S/C20H28N2O4/c1-6-24-17-21-22(18(23)26-17)14-7-9-15(10-8-14)25-16-11-19(2,3)13-20(4,5)12-16/h7-10,16H,6,11-13H2,1-5H3. The molecule has 0 amide bonds.